The Kier molecular flexibility index (Phi) is 2.85. The summed E-state index contributed by atoms with van der Waals surface area (Å²) in [6, 6.07) is 8.99. The van der Waals surface area contributed by atoms with Crippen LogP contribution in [0.4, 0.5) is 0 Å². The van der Waals surface area contributed by atoms with Gasteiger partial charge in [0.25, 0.3) is 0 Å². The van der Waals surface area contributed by atoms with E-state index in [0.717, 1.165) is 5.52 Å². The third-order valence-corrected chi connectivity index (χ3v) is 3.93. The van der Waals surface area contributed by atoms with Crippen molar-refractivity contribution in [2.24, 2.45) is 0 Å². The van der Waals surface area contributed by atoms with Gasteiger partial charge in [0, 0.05) is 12.0 Å². The van der Waals surface area contributed by atoms with Gasteiger partial charge < -0.3 is 10.3 Å². The van der Waals surface area contributed by atoms with Crippen molar-refractivity contribution in [2.75, 3.05) is 7.05 Å². The van der Waals surface area contributed by atoms with Gasteiger partial charge in [0.15, 0.2) is 0 Å². The molecule has 3 heteroatoms. The van der Waals surface area contributed by atoms with Crippen molar-refractivity contribution in [1.82, 2.24) is 15.3 Å². The summed E-state index contributed by atoms with van der Waals surface area (Å²) in [5.74, 6) is 1.80. The number of hydrogen-bond acceptors (Lipinski definition) is 2. The molecule has 2 aromatic rings. The summed E-state index contributed by atoms with van der Waals surface area (Å²) >= 11 is 0. The zero-order valence-electron chi connectivity index (χ0n) is 10.2. The van der Waals surface area contributed by atoms with Crippen molar-refractivity contribution in [3.05, 3.63) is 30.1 Å². The fraction of sp³-hybridized carbons (Fsp3) is 0.500. The number of rotatable bonds is 2. The summed E-state index contributed by atoms with van der Waals surface area (Å²) in [6.07, 6.45) is 5.01. The number of nitrogens with one attached hydrogen (secondary N) is 2. The van der Waals surface area contributed by atoms with Gasteiger partial charge in [-0.2, -0.15) is 0 Å². The molecule has 1 aliphatic rings. The Labute approximate surface area is 102 Å². The molecule has 0 amide bonds. The van der Waals surface area contributed by atoms with Crippen LogP contribution >= 0.6 is 0 Å². The van der Waals surface area contributed by atoms with Gasteiger partial charge in [0.2, 0.25) is 0 Å². The van der Waals surface area contributed by atoms with E-state index >= 15 is 0 Å². The molecule has 3 rings (SSSR count). The normalized spacial score (nSPS) is 25.2. The minimum Gasteiger partial charge on any atom is -0.342 e. The minimum absolute atomic E-state index is 0.618. The SMILES string of the molecule is CNC1CCC(c2nc3ccccc3[nH]2)CC1. The summed E-state index contributed by atoms with van der Waals surface area (Å²) in [5, 5.41) is 3.37. The second-order valence-corrected chi connectivity index (χ2v) is 4.98. The zero-order chi connectivity index (χ0) is 11.7. The summed E-state index contributed by atoms with van der Waals surface area (Å²) in [6.45, 7) is 0. The molecule has 2 N–H and O–H groups in total. The zero-order valence-corrected chi connectivity index (χ0v) is 10.2. The molecule has 1 heterocycles. The number of imidazole rings is 1. The molecule has 0 radical (unpaired) electrons. The Morgan fingerprint density at radius 2 is 1.94 bits per heavy atom. The Hall–Kier alpha value is -1.35. The molecule has 1 saturated carbocycles. The van der Waals surface area contributed by atoms with Crippen molar-refractivity contribution < 1.29 is 0 Å². The Morgan fingerprint density at radius 3 is 2.65 bits per heavy atom. The second kappa shape index (κ2) is 4.49. The number of aromatic amines is 1. The number of hydrogen-bond donors (Lipinski definition) is 2. The number of nitrogens with zero attached hydrogens (tertiary/aromatic N) is 1. The van der Waals surface area contributed by atoms with Crippen LogP contribution in [0, 0.1) is 0 Å². The van der Waals surface area contributed by atoms with Crippen LogP contribution in [0.15, 0.2) is 24.3 Å². The highest BCUT2D eigenvalue weighted by molar-refractivity contribution is 5.74. The highest BCUT2D eigenvalue weighted by atomic mass is 14.9. The molecule has 1 aromatic carbocycles. The molecule has 0 aliphatic heterocycles. The van der Waals surface area contributed by atoms with Crippen LogP contribution in [0.25, 0.3) is 11.0 Å². The molecule has 1 aromatic heterocycles. The topological polar surface area (TPSA) is 40.7 Å². The van der Waals surface area contributed by atoms with Gasteiger partial charge in [-0.05, 0) is 44.9 Å². The van der Waals surface area contributed by atoms with E-state index in [2.05, 4.69) is 35.5 Å². The number of H-pyrrole nitrogens is 1. The molecule has 90 valence electrons. The summed E-state index contributed by atoms with van der Waals surface area (Å²) in [5.41, 5.74) is 2.26. The molecule has 0 unspecified atom stereocenters. The van der Waals surface area contributed by atoms with E-state index < -0.39 is 0 Å². The van der Waals surface area contributed by atoms with E-state index in [4.69, 9.17) is 4.98 Å². The van der Waals surface area contributed by atoms with Gasteiger partial charge in [-0.1, -0.05) is 12.1 Å². The monoisotopic (exact) mass is 229 g/mol. The largest absolute Gasteiger partial charge is 0.342 e. The molecule has 0 bridgehead atoms. The van der Waals surface area contributed by atoms with E-state index in [9.17, 15) is 0 Å². The Balaban J connectivity index is 1.80. The fourth-order valence-corrected chi connectivity index (χ4v) is 2.82. The van der Waals surface area contributed by atoms with Crippen molar-refractivity contribution in [3.8, 4) is 0 Å². The van der Waals surface area contributed by atoms with Crippen molar-refractivity contribution >= 4 is 11.0 Å². The van der Waals surface area contributed by atoms with Crippen LogP contribution in [0.2, 0.25) is 0 Å². The third-order valence-electron chi connectivity index (χ3n) is 3.93. The Morgan fingerprint density at radius 1 is 1.18 bits per heavy atom. The lowest BCUT2D eigenvalue weighted by Crippen LogP contribution is -2.29. The molecule has 0 atom stereocenters. The van der Waals surface area contributed by atoms with Crippen molar-refractivity contribution in [1.29, 1.82) is 0 Å². The van der Waals surface area contributed by atoms with Crippen molar-refractivity contribution in [2.45, 2.75) is 37.6 Å². The average molecular weight is 229 g/mol. The van der Waals surface area contributed by atoms with Crippen LogP contribution in [-0.4, -0.2) is 23.1 Å². The molecule has 17 heavy (non-hydrogen) atoms. The number of para-hydroxylation sites is 2. The van der Waals surface area contributed by atoms with Gasteiger partial charge in [-0.25, -0.2) is 4.98 Å². The summed E-state index contributed by atoms with van der Waals surface area (Å²) in [4.78, 5) is 8.18. The van der Waals surface area contributed by atoms with Crippen LogP contribution < -0.4 is 5.32 Å². The van der Waals surface area contributed by atoms with E-state index in [1.54, 1.807) is 0 Å². The smallest absolute Gasteiger partial charge is 0.110 e. The molecular weight excluding hydrogens is 210 g/mol. The maximum absolute atomic E-state index is 4.71. The maximum atomic E-state index is 4.71. The predicted molar refractivity (Wildman–Crippen MR) is 70.2 cm³/mol. The number of fused-ring (bicyclic) bond motifs is 1. The molecule has 1 fully saturated rings. The van der Waals surface area contributed by atoms with Gasteiger partial charge >= 0.3 is 0 Å². The maximum Gasteiger partial charge on any atom is 0.110 e. The standard InChI is InChI=1S/C14H19N3/c1-15-11-8-6-10(7-9-11)14-16-12-4-2-3-5-13(12)17-14/h2-5,10-11,15H,6-9H2,1H3,(H,16,17). The second-order valence-electron chi connectivity index (χ2n) is 4.98. The fourth-order valence-electron chi connectivity index (χ4n) is 2.82. The number of aromatic nitrogens is 2. The first-order chi connectivity index (χ1) is 8.36. The first-order valence-corrected chi connectivity index (χ1v) is 6.48. The molecule has 3 nitrogen and oxygen atoms in total. The molecule has 0 saturated heterocycles. The lowest BCUT2D eigenvalue weighted by atomic mass is 9.86. The summed E-state index contributed by atoms with van der Waals surface area (Å²) in [7, 11) is 2.06. The average Bonchev–Trinajstić information content (AvgIpc) is 2.82. The van der Waals surface area contributed by atoms with Crippen LogP contribution in [0.5, 0.6) is 0 Å². The molecule has 0 spiro atoms. The van der Waals surface area contributed by atoms with Gasteiger partial charge in [-0.15, -0.1) is 0 Å². The Bertz CT molecular complexity index is 462. The lowest BCUT2D eigenvalue weighted by molar-refractivity contribution is 0.352. The minimum atomic E-state index is 0.618. The highest BCUT2D eigenvalue weighted by Crippen LogP contribution is 2.32. The first-order valence-electron chi connectivity index (χ1n) is 6.48. The van der Waals surface area contributed by atoms with E-state index in [-0.39, 0.29) is 0 Å². The highest BCUT2D eigenvalue weighted by Gasteiger charge is 2.23. The van der Waals surface area contributed by atoms with E-state index in [1.165, 1.54) is 37.0 Å². The molecule has 1 aliphatic carbocycles. The quantitative estimate of drug-likeness (QED) is 0.831. The van der Waals surface area contributed by atoms with E-state index in [1.807, 2.05) is 6.07 Å². The van der Waals surface area contributed by atoms with Gasteiger partial charge in [-0.3, -0.25) is 0 Å². The summed E-state index contributed by atoms with van der Waals surface area (Å²) < 4.78 is 0. The first kappa shape index (κ1) is 10.8. The van der Waals surface area contributed by atoms with Crippen molar-refractivity contribution in [3.63, 3.8) is 0 Å². The predicted octanol–water partition coefficient (Wildman–Crippen LogP) is 2.81. The van der Waals surface area contributed by atoms with E-state index in [0.29, 0.717) is 12.0 Å². The van der Waals surface area contributed by atoms with Crippen LogP contribution in [0.1, 0.15) is 37.4 Å². The molecular formula is C14H19N3. The van der Waals surface area contributed by atoms with Gasteiger partial charge in [0.1, 0.15) is 5.82 Å². The van der Waals surface area contributed by atoms with Crippen LogP contribution in [-0.2, 0) is 0 Å². The van der Waals surface area contributed by atoms with Gasteiger partial charge in [0.05, 0.1) is 11.0 Å². The lowest BCUT2D eigenvalue weighted by Gasteiger charge is -2.26. The third kappa shape index (κ3) is 2.07. The van der Waals surface area contributed by atoms with Crippen LogP contribution in [0.3, 0.4) is 0 Å². The number of benzene rings is 1.